The zero-order valence-corrected chi connectivity index (χ0v) is 10.4. The molecular formula is C10H15FN2O3S. The lowest BCUT2D eigenvalue weighted by Gasteiger charge is -2.11. The number of aromatic hydroxyl groups is 1. The molecule has 0 heterocycles. The molecule has 1 aromatic carbocycles. The van der Waals surface area contributed by atoms with E-state index in [0.29, 0.717) is 0 Å². The molecule has 0 spiro atoms. The van der Waals surface area contributed by atoms with Crippen LogP contribution >= 0.6 is 0 Å². The first kappa shape index (κ1) is 13.7. The first-order valence-electron chi connectivity index (χ1n) is 5.06. The summed E-state index contributed by atoms with van der Waals surface area (Å²) in [5.41, 5.74) is -0.209. The molecule has 96 valence electrons. The van der Waals surface area contributed by atoms with Gasteiger partial charge >= 0.3 is 0 Å². The SMILES string of the molecule is CC(C)CNS(=O)(=O)Nc1ccc(O)cc1F. The van der Waals surface area contributed by atoms with E-state index in [9.17, 15) is 12.8 Å². The van der Waals surface area contributed by atoms with Crippen LogP contribution in [-0.4, -0.2) is 20.1 Å². The summed E-state index contributed by atoms with van der Waals surface area (Å²) in [5.74, 6) is -0.947. The third-order valence-corrected chi connectivity index (χ3v) is 2.91. The fourth-order valence-electron chi connectivity index (χ4n) is 1.04. The average Bonchev–Trinajstić information content (AvgIpc) is 2.20. The second kappa shape index (κ2) is 5.33. The van der Waals surface area contributed by atoms with E-state index in [1.807, 2.05) is 18.6 Å². The molecule has 0 saturated heterocycles. The highest BCUT2D eigenvalue weighted by molar-refractivity contribution is 7.90. The molecule has 0 saturated carbocycles. The van der Waals surface area contributed by atoms with Gasteiger partial charge in [-0.1, -0.05) is 13.8 Å². The molecule has 0 radical (unpaired) electrons. The maximum absolute atomic E-state index is 13.3. The van der Waals surface area contributed by atoms with E-state index < -0.39 is 16.0 Å². The van der Waals surface area contributed by atoms with Crippen molar-refractivity contribution in [3.05, 3.63) is 24.0 Å². The molecule has 0 aliphatic heterocycles. The summed E-state index contributed by atoms with van der Waals surface area (Å²) in [6.07, 6.45) is 0. The average molecular weight is 262 g/mol. The molecule has 0 aliphatic rings. The summed E-state index contributed by atoms with van der Waals surface area (Å²) in [6.45, 7) is 3.96. The maximum Gasteiger partial charge on any atom is 0.299 e. The molecular weight excluding hydrogens is 247 g/mol. The molecule has 0 unspecified atom stereocenters. The van der Waals surface area contributed by atoms with Crippen LogP contribution in [0, 0.1) is 11.7 Å². The second-order valence-corrected chi connectivity index (χ2v) is 5.51. The summed E-state index contributed by atoms with van der Waals surface area (Å²) < 4.78 is 40.6. The van der Waals surface area contributed by atoms with Crippen LogP contribution in [0.5, 0.6) is 5.75 Å². The third kappa shape index (κ3) is 4.58. The van der Waals surface area contributed by atoms with Crippen LogP contribution in [0.4, 0.5) is 10.1 Å². The van der Waals surface area contributed by atoms with Crippen molar-refractivity contribution < 1.29 is 17.9 Å². The van der Waals surface area contributed by atoms with Gasteiger partial charge in [-0.25, -0.2) is 4.39 Å². The van der Waals surface area contributed by atoms with Crippen molar-refractivity contribution in [3.63, 3.8) is 0 Å². The van der Waals surface area contributed by atoms with Gasteiger partial charge in [0.15, 0.2) is 5.82 Å². The lowest BCUT2D eigenvalue weighted by Crippen LogP contribution is -2.33. The summed E-state index contributed by atoms with van der Waals surface area (Å²) >= 11 is 0. The number of anilines is 1. The fourth-order valence-corrected chi connectivity index (χ4v) is 2.12. The molecule has 0 aliphatic carbocycles. The Labute approximate surface area is 99.8 Å². The van der Waals surface area contributed by atoms with Crippen molar-refractivity contribution in [1.82, 2.24) is 4.72 Å². The minimum absolute atomic E-state index is 0.149. The van der Waals surface area contributed by atoms with Crippen molar-refractivity contribution in [3.8, 4) is 5.75 Å². The van der Waals surface area contributed by atoms with Crippen LogP contribution in [0.1, 0.15) is 13.8 Å². The third-order valence-electron chi connectivity index (χ3n) is 1.88. The molecule has 0 bridgehead atoms. The van der Waals surface area contributed by atoms with Gasteiger partial charge in [0.1, 0.15) is 5.75 Å². The van der Waals surface area contributed by atoms with Crippen LogP contribution < -0.4 is 9.44 Å². The number of phenols is 1. The first-order valence-corrected chi connectivity index (χ1v) is 6.54. The number of benzene rings is 1. The molecule has 1 rings (SSSR count). The Hall–Kier alpha value is -1.34. The molecule has 3 N–H and O–H groups in total. The lowest BCUT2D eigenvalue weighted by molar-refractivity contribution is 0.469. The van der Waals surface area contributed by atoms with E-state index in [0.717, 1.165) is 12.1 Å². The Morgan fingerprint density at radius 2 is 2.06 bits per heavy atom. The van der Waals surface area contributed by atoms with Crippen LogP contribution in [0.25, 0.3) is 0 Å². The number of halogens is 1. The Bertz CT molecular complexity index is 488. The number of phenolic OH excluding ortho intramolecular Hbond substituents is 1. The quantitative estimate of drug-likeness (QED) is 0.702. The molecule has 17 heavy (non-hydrogen) atoms. The number of nitrogens with one attached hydrogen (secondary N) is 2. The van der Waals surface area contributed by atoms with Crippen LogP contribution in [0.3, 0.4) is 0 Å². The maximum atomic E-state index is 13.3. The van der Waals surface area contributed by atoms with Gasteiger partial charge in [-0.15, -0.1) is 0 Å². The Kier molecular flexibility index (Phi) is 4.30. The summed E-state index contributed by atoms with van der Waals surface area (Å²) in [6, 6.07) is 3.18. The highest BCUT2D eigenvalue weighted by Gasteiger charge is 2.13. The predicted molar refractivity (Wildman–Crippen MR) is 63.4 cm³/mol. The molecule has 0 atom stereocenters. The highest BCUT2D eigenvalue weighted by atomic mass is 32.2. The van der Waals surface area contributed by atoms with Gasteiger partial charge in [-0.05, 0) is 18.1 Å². The lowest BCUT2D eigenvalue weighted by atomic mass is 10.2. The molecule has 1 aromatic rings. The van der Waals surface area contributed by atoms with Crippen molar-refractivity contribution >= 4 is 15.9 Å². The van der Waals surface area contributed by atoms with E-state index in [1.165, 1.54) is 6.07 Å². The molecule has 0 aromatic heterocycles. The zero-order chi connectivity index (χ0) is 13.1. The van der Waals surface area contributed by atoms with Crippen molar-refractivity contribution in [2.45, 2.75) is 13.8 Å². The van der Waals surface area contributed by atoms with Crippen LogP contribution in [-0.2, 0) is 10.2 Å². The Balaban J connectivity index is 2.76. The minimum Gasteiger partial charge on any atom is -0.508 e. The van der Waals surface area contributed by atoms with Gasteiger partial charge in [0.2, 0.25) is 0 Å². The summed E-state index contributed by atoms with van der Waals surface area (Å²) in [7, 11) is -3.79. The second-order valence-electron chi connectivity index (χ2n) is 4.01. The standard InChI is InChI=1S/C10H15FN2O3S/c1-7(2)6-12-17(15,16)13-10-4-3-8(14)5-9(10)11/h3-5,7,12-14H,6H2,1-2H3. The number of hydrogen-bond acceptors (Lipinski definition) is 3. The first-order chi connectivity index (χ1) is 7.80. The fraction of sp³-hybridized carbons (Fsp3) is 0.400. The van der Waals surface area contributed by atoms with E-state index in [1.54, 1.807) is 0 Å². The number of hydrogen-bond donors (Lipinski definition) is 3. The van der Waals surface area contributed by atoms with Crippen molar-refractivity contribution in [1.29, 1.82) is 0 Å². The predicted octanol–water partition coefficient (Wildman–Crippen LogP) is 1.43. The topological polar surface area (TPSA) is 78.4 Å². The minimum atomic E-state index is -3.79. The zero-order valence-electron chi connectivity index (χ0n) is 9.57. The molecule has 5 nitrogen and oxygen atoms in total. The van der Waals surface area contributed by atoms with Crippen LogP contribution in [0.2, 0.25) is 0 Å². The Morgan fingerprint density at radius 1 is 1.41 bits per heavy atom. The van der Waals surface area contributed by atoms with E-state index >= 15 is 0 Å². The summed E-state index contributed by atoms with van der Waals surface area (Å²) in [4.78, 5) is 0. The van der Waals surface area contributed by atoms with Gasteiger partial charge in [-0.2, -0.15) is 13.1 Å². The Morgan fingerprint density at radius 3 is 2.59 bits per heavy atom. The van der Waals surface area contributed by atoms with Gasteiger partial charge in [-0.3, -0.25) is 4.72 Å². The molecule has 0 amide bonds. The van der Waals surface area contributed by atoms with Crippen LogP contribution in [0.15, 0.2) is 18.2 Å². The monoisotopic (exact) mass is 262 g/mol. The smallest absolute Gasteiger partial charge is 0.299 e. The van der Waals surface area contributed by atoms with Gasteiger partial charge < -0.3 is 5.11 Å². The molecule has 7 heteroatoms. The van der Waals surface area contributed by atoms with E-state index in [4.69, 9.17) is 5.11 Å². The van der Waals surface area contributed by atoms with E-state index in [2.05, 4.69) is 4.72 Å². The largest absolute Gasteiger partial charge is 0.508 e. The highest BCUT2D eigenvalue weighted by Crippen LogP contribution is 2.19. The van der Waals surface area contributed by atoms with Gasteiger partial charge in [0, 0.05) is 12.6 Å². The summed E-state index contributed by atoms with van der Waals surface area (Å²) in [5, 5.41) is 8.98. The van der Waals surface area contributed by atoms with Crippen molar-refractivity contribution in [2.75, 3.05) is 11.3 Å². The van der Waals surface area contributed by atoms with Gasteiger partial charge in [0.05, 0.1) is 5.69 Å². The van der Waals surface area contributed by atoms with Gasteiger partial charge in [0.25, 0.3) is 10.2 Å². The molecule has 0 fully saturated rings. The number of rotatable bonds is 5. The van der Waals surface area contributed by atoms with Crippen molar-refractivity contribution in [2.24, 2.45) is 5.92 Å². The normalized spacial score (nSPS) is 11.8. The van der Waals surface area contributed by atoms with E-state index in [-0.39, 0.29) is 23.9 Å².